The van der Waals surface area contributed by atoms with E-state index < -0.39 is 0 Å². The van der Waals surface area contributed by atoms with Crippen LogP contribution in [0.4, 0.5) is 0 Å². The van der Waals surface area contributed by atoms with Crippen LogP contribution < -0.4 is 5.32 Å². The number of aromatic nitrogens is 2. The van der Waals surface area contributed by atoms with Crippen LogP contribution in [0.1, 0.15) is 38.7 Å². The Morgan fingerprint density at radius 1 is 0.806 bits per heavy atom. The molecule has 0 saturated carbocycles. The maximum atomic E-state index is 12.8. The van der Waals surface area contributed by atoms with Gasteiger partial charge >= 0.3 is 0 Å². The third kappa shape index (κ3) is 5.41. The number of nitrogens with one attached hydrogen (secondary N) is 1. The van der Waals surface area contributed by atoms with Gasteiger partial charge in [-0.05, 0) is 29.3 Å². The summed E-state index contributed by atoms with van der Waals surface area (Å²) in [6.07, 6.45) is 6.71. The number of pyridine rings is 2. The first-order valence-corrected chi connectivity index (χ1v) is 10.1. The zero-order valence-electron chi connectivity index (χ0n) is 17.0. The summed E-state index contributed by atoms with van der Waals surface area (Å²) < 4.78 is 6.29. The van der Waals surface area contributed by atoms with Gasteiger partial charge in [0.15, 0.2) is 0 Å². The fourth-order valence-corrected chi connectivity index (χ4v) is 3.36. The van der Waals surface area contributed by atoms with Gasteiger partial charge in [-0.3, -0.25) is 14.8 Å². The minimum Gasteiger partial charge on any atom is -0.364 e. The predicted molar refractivity (Wildman–Crippen MR) is 119 cm³/mol. The second-order valence-electron chi connectivity index (χ2n) is 7.09. The fourth-order valence-electron chi connectivity index (χ4n) is 3.36. The molecule has 0 saturated heterocycles. The Hall–Kier alpha value is -3.83. The maximum absolute atomic E-state index is 12.8. The molecule has 5 nitrogen and oxygen atoms in total. The summed E-state index contributed by atoms with van der Waals surface area (Å²) in [5.74, 6) is -0.123. The SMILES string of the molecule is O=C(NCc1ccccc1)c1ccccc1COC(c1cccnc1)c1cccnc1. The number of hydrogen-bond acceptors (Lipinski definition) is 4. The van der Waals surface area contributed by atoms with Crippen molar-refractivity contribution in [2.75, 3.05) is 0 Å². The van der Waals surface area contributed by atoms with Crippen molar-refractivity contribution in [3.8, 4) is 0 Å². The Balaban J connectivity index is 1.50. The zero-order valence-corrected chi connectivity index (χ0v) is 17.0. The van der Waals surface area contributed by atoms with Crippen LogP contribution in [-0.4, -0.2) is 15.9 Å². The van der Waals surface area contributed by atoms with Crippen molar-refractivity contribution >= 4 is 5.91 Å². The second-order valence-corrected chi connectivity index (χ2v) is 7.09. The number of benzene rings is 2. The minimum absolute atomic E-state index is 0.123. The average Bonchev–Trinajstić information content (AvgIpc) is 2.85. The fraction of sp³-hybridized carbons (Fsp3) is 0.115. The normalized spacial score (nSPS) is 10.7. The van der Waals surface area contributed by atoms with Crippen molar-refractivity contribution in [2.45, 2.75) is 19.3 Å². The Morgan fingerprint density at radius 3 is 2.10 bits per heavy atom. The van der Waals surface area contributed by atoms with E-state index in [1.807, 2.05) is 78.9 Å². The van der Waals surface area contributed by atoms with E-state index in [-0.39, 0.29) is 18.6 Å². The molecule has 0 atom stereocenters. The van der Waals surface area contributed by atoms with E-state index >= 15 is 0 Å². The molecule has 0 fully saturated rings. The van der Waals surface area contributed by atoms with Gasteiger partial charge in [-0.1, -0.05) is 60.7 Å². The predicted octanol–water partition coefficient (Wildman–Crippen LogP) is 4.71. The molecule has 0 aliphatic heterocycles. The van der Waals surface area contributed by atoms with Crippen LogP contribution in [0.15, 0.2) is 104 Å². The third-order valence-corrected chi connectivity index (χ3v) is 4.94. The number of rotatable bonds is 8. The molecule has 4 aromatic rings. The van der Waals surface area contributed by atoms with Gasteiger partial charge in [-0.2, -0.15) is 0 Å². The molecule has 2 aromatic heterocycles. The first-order valence-electron chi connectivity index (χ1n) is 10.1. The summed E-state index contributed by atoms with van der Waals surface area (Å²) in [6, 6.07) is 25.1. The van der Waals surface area contributed by atoms with Crippen molar-refractivity contribution in [3.05, 3.63) is 131 Å². The summed E-state index contributed by atoms with van der Waals surface area (Å²) in [5, 5.41) is 2.99. The minimum atomic E-state index is -0.331. The third-order valence-electron chi connectivity index (χ3n) is 4.94. The van der Waals surface area contributed by atoms with Gasteiger partial charge in [0.1, 0.15) is 6.10 Å². The Morgan fingerprint density at radius 2 is 1.45 bits per heavy atom. The van der Waals surface area contributed by atoms with Gasteiger partial charge in [0.05, 0.1) is 6.61 Å². The standard InChI is InChI=1S/C26H23N3O2/c30-26(29-16-20-8-2-1-3-9-20)24-13-5-4-10-23(24)19-31-25(21-11-6-14-27-17-21)22-12-7-15-28-18-22/h1-15,17-18,25H,16,19H2,(H,29,30). The van der Waals surface area contributed by atoms with Crippen molar-refractivity contribution < 1.29 is 9.53 Å². The molecule has 0 aliphatic carbocycles. The van der Waals surface area contributed by atoms with Crippen LogP contribution in [0.25, 0.3) is 0 Å². The topological polar surface area (TPSA) is 64.1 Å². The molecular weight excluding hydrogens is 386 g/mol. The van der Waals surface area contributed by atoms with Crippen LogP contribution in [0.5, 0.6) is 0 Å². The molecule has 154 valence electrons. The van der Waals surface area contributed by atoms with Crippen LogP contribution in [0, 0.1) is 0 Å². The highest BCUT2D eigenvalue weighted by Gasteiger charge is 2.17. The molecule has 0 aliphatic rings. The van der Waals surface area contributed by atoms with Crippen molar-refractivity contribution in [1.82, 2.24) is 15.3 Å². The molecule has 2 aromatic carbocycles. The van der Waals surface area contributed by atoms with Gasteiger partial charge < -0.3 is 10.1 Å². The lowest BCUT2D eigenvalue weighted by Crippen LogP contribution is -2.24. The van der Waals surface area contributed by atoms with Crippen molar-refractivity contribution in [1.29, 1.82) is 0 Å². The molecule has 2 heterocycles. The Labute approximate surface area is 181 Å². The second kappa shape index (κ2) is 10.3. The van der Waals surface area contributed by atoms with Gasteiger partial charge in [0, 0.05) is 48.0 Å². The lowest BCUT2D eigenvalue weighted by Gasteiger charge is -2.19. The maximum Gasteiger partial charge on any atom is 0.251 e. The Bertz CT molecular complexity index is 1060. The number of carbonyl (C=O) groups excluding carboxylic acids is 1. The van der Waals surface area contributed by atoms with Gasteiger partial charge in [-0.15, -0.1) is 0 Å². The van der Waals surface area contributed by atoms with E-state index in [9.17, 15) is 4.79 Å². The number of nitrogens with zero attached hydrogens (tertiary/aromatic N) is 2. The van der Waals surface area contributed by atoms with Crippen LogP contribution in [-0.2, 0) is 17.9 Å². The summed E-state index contributed by atoms with van der Waals surface area (Å²) in [5.41, 5.74) is 4.35. The molecule has 0 bridgehead atoms. The first kappa shape index (κ1) is 20.4. The number of hydrogen-bond donors (Lipinski definition) is 1. The van der Waals surface area contributed by atoms with Crippen LogP contribution >= 0.6 is 0 Å². The van der Waals surface area contributed by atoms with E-state index in [0.717, 1.165) is 22.3 Å². The molecule has 5 heteroatoms. The van der Waals surface area contributed by atoms with E-state index in [4.69, 9.17) is 4.74 Å². The molecule has 0 radical (unpaired) electrons. The van der Waals surface area contributed by atoms with Gasteiger partial charge in [-0.25, -0.2) is 0 Å². The van der Waals surface area contributed by atoms with Crippen LogP contribution in [0.3, 0.4) is 0 Å². The van der Waals surface area contributed by atoms with E-state index in [1.54, 1.807) is 24.8 Å². The monoisotopic (exact) mass is 409 g/mol. The summed E-state index contributed by atoms with van der Waals surface area (Å²) in [6.45, 7) is 0.756. The molecule has 1 N–H and O–H groups in total. The van der Waals surface area contributed by atoms with Crippen LogP contribution in [0.2, 0.25) is 0 Å². The molecule has 0 spiro atoms. The summed E-state index contributed by atoms with van der Waals surface area (Å²) >= 11 is 0. The lowest BCUT2D eigenvalue weighted by molar-refractivity contribution is 0.0652. The van der Waals surface area contributed by atoms with Crippen molar-refractivity contribution in [2.24, 2.45) is 0 Å². The molecule has 4 rings (SSSR count). The average molecular weight is 409 g/mol. The van der Waals surface area contributed by atoms with E-state index in [0.29, 0.717) is 12.1 Å². The van der Waals surface area contributed by atoms with E-state index in [2.05, 4.69) is 15.3 Å². The quantitative estimate of drug-likeness (QED) is 0.458. The van der Waals surface area contributed by atoms with Gasteiger partial charge in [0.25, 0.3) is 5.91 Å². The summed E-state index contributed by atoms with van der Waals surface area (Å²) in [7, 11) is 0. The zero-order chi connectivity index (χ0) is 21.3. The molecular formula is C26H23N3O2. The summed E-state index contributed by atoms with van der Waals surface area (Å²) in [4.78, 5) is 21.3. The molecule has 31 heavy (non-hydrogen) atoms. The number of amides is 1. The Kier molecular flexibility index (Phi) is 6.78. The smallest absolute Gasteiger partial charge is 0.251 e. The number of carbonyl (C=O) groups is 1. The highest BCUT2D eigenvalue weighted by molar-refractivity contribution is 5.95. The lowest BCUT2D eigenvalue weighted by atomic mass is 10.0. The highest BCUT2D eigenvalue weighted by Crippen LogP contribution is 2.26. The number of ether oxygens (including phenoxy) is 1. The van der Waals surface area contributed by atoms with Crippen molar-refractivity contribution in [3.63, 3.8) is 0 Å². The first-order chi connectivity index (χ1) is 15.3. The van der Waals surface area contributed by atoms with Gasteiger partial charge in [0.2, 0.25) is 0 Å². The molecule has 0 unspecified atom stereocenters. The molecule has 1 amide bonds. The largest absolute Gasteiger partial charge is 0.364 e. The van der Waals surface area contributed by atoms with E-state index in [1.165, 1.54) is 0 Å². The highest BCUT2D eigenvalue weighted by atomic mass is 16.5.